The average molecular weight is 419 g/mol. The summed E-state index contributed by atoms with van der Waals surface area (Å²) in [4.78, 5) is 58.0. The van der Waals surface area contributed by atoms with Gasteiger partial charge in [0, 0.05) is 6.42 Å². The predicted molar refractivity (Wildman–Crippen MR) is 99.3 cm³/mol. The first-order chi connectivity index (χ1) is 13.6. The van der Waals surface area contributed by atoms with Gasteiger partial charge in [0.2, 0.25) is 17.7 Å². The predicted octanol–water partition coefficient (Wildman–Crippen LogP) is -3.53. The number of aliphatic hydroxyl groups excluding tert-OH is 1. The van der Waals surface area contributed by atoms with Crippen molar-refractivity contribution in [3.8, 4) is 0 Å². The molecule has 166 valence electrons. The second-order valence-corrected chi connectivity index (χ2v) is 6.24. The third-order valence-electron chi connectivity index (χ3n) is 3.81. The molecule has 0 bridgehead atoms. The molecular weight excluding hydrogens is 390 g/mol. The number of amides is 3. The molecule has 0 fully saturated rings. The summed E-state index contributed by atoms with van der Waals surface area (Å²) in [5.41, 5.74) is 10.8. The van der Waals surface area contributed by atoms with Crippen molar-refractivity contribution in [1.82, 2.24) is 16.0 Å². The summed E-state index contributed by atoms with van der Waals surface area (Å²) in [5.74, 6) is -4.95. The third-order valence-corrected chi connectivity index (χ3v) is 3.81. The van der Waals surface area contributed by atoms with Crippen LogP contribution >= 0.6 is 0 Å². The smallest absolute Gasteiger partial charge is 0.322 e. The lowest BCUT2D eigenvalue weighted by Gasteiger charge is -2.23. The van der Waals surface area contributed by atoms with Gasteiger partial charge < -0.3 is 42.7 Å². The highest BCUT2D eigenvalue weighted by Crippen LogP contribution is 2.05. The molecule has 0 aromatic carbocycles. The van der Waals surface area contributed by atoms with Crippen LogP contribution in [0.1, 0.15) is 32.1 Å². The van der Waals surface area contributed by atoms with Gasteiger partial charge >= 0.3 is 11.9 Å². The van der Waals surface area contributed by atoms with Crippen molar-refractivity contribution in [2.75, 3.05) is 19.7 Å². The number of unbranched alkanes of at least 4 members (excludes halogenated alkanes) is 1. The van der Waals surface area contributed by atoms with Crippen LogP contribution in [0.5, 0.6) is 0 Å². The van der Waals surface area contributed by atoms with E-state index >= 15 is 0 Å². The van der Waals surface area contributed by atoms with Gasteiger partial charge in [0.05, 0.1) is 6.61 Å². The second-order valence-electron chi connectivity index (χ2n) is 6.24. The molecule has 0 spiro atoms. The van der Waals surface area contributed by atoms with Crippen LogP contribution in [-0.2, 0) is 24.0 Å². The second kappa shape index (κ2) is 14.3. The molecule has 13 heteroatoms. The Morgan fingerprint density at radius 2 is 1.41 bits per heavy atom. The molecule has 0 rings (SSSR count). The fraction of sp³-hybridized carbons (Fsp3) is 0.688. The molecule has 3 unspecified atom stereocenters. The lowest BCUT2D eigenvalue weighted by atomic mass is 10.1. The van der Waals surface area contributed by atoms with Gasteiger partial charge in [0.25, 0.3) is 0 Å². The van der Waals surface area contributed by atoms with Crippen molar-refractivity contribution in [2.45, 2.75) is 50.2 Å². The summed E-state index contributed by atoms with van der Waals surface area (Å²) < 4.78 is 0. The summed E-state index contributed by atoms with van der Waals surface area (Å²) in [6, 6.07) is -3.67. The minimum Gasteiger partial charge on any atom is -0.481 e. The quantitative estimate of drug-likeness (QED) is 0.122. The van der Waals surface area contributed by atoms with E-state index < -0.39 is 67.4 Å². The Labute approximate surface area is 167 Å². The number of carbonyl (C=O) groups excluding carboxylic acids is 3. The topological polar surface area (TPSA) is 234 Å². The zero-order valence-electron chi connectivity index (χ0n) is 15.9. The fourth-order valence-corrected chi connectivity index (χ4v) is 2.22. The van der Waals surface area contributed by atoms with Crippen LogP contribution < -0.4 is 27.4 Å². The van der Waals surface area contributed by atoms with Gasteiger partial charge in [0.1, 0.15) is 24.7 Å². The Hall–Kier alpha value is -2.77. The van der Waals surface area contributed by atoms with Gasteiger partial charge in [-0.2, -0.15) is 0 Å². The van der Waals surface area contributed by atoms with E-state index in [1.807, 2.05) is 0 Å². The standard InChI is InChI=1S/C16H29N5O8/c17-6-2-1-3-10(20-14(27)9(18)8-22)16(29)21-11(4-5-12(23)24)15(28)19-7-13(25)26/h9-11,22H,1-8,17-18H2,(H,19,28)(H,20,27)(H,21,29)(H,23,24)(H,25,26). The summed E-state index contributed by atoms with van der Waals surface area (Å²) in [5, 5.41) is 33.2. The van der Waals surface area contributed by atoms with E-state index in [1.54, 1.807) is 0 Å². The van der Waals surface area contributed by atoms with Crippen LogP contribution in [0.15, 0.2) is 0 Å². The van der Waals surface area contributed by atoms with E-state index in [1.165, 1.54) is 0 Å². The number of rotatable bonds is 15. The van der Waals surface area contributed by atoms with Crippen LogP contribution in [0.2, 0.25) is 0 Å². The minimum absolute atomic E-state index is 0.162. The fourth-order valence-electron chi connectivity index (χ4n) is 2.22. The molecule has 3 amide bonds. The van der Waals surface area contributed by atoms with E-state index in [0.717, 1.165) is 0 Å². The Balaban J connectivity index is 5.21. The minimum atomic E-state index is -1.32. The van der Waals surface area contributed by atoms with Crippen molar-refractivity contribution in [1.29, 1.82) is 0 Å². The first kappa shape index (κ1) is 26.2. The van der Waals surface area contributed by atoms with Crippen molar-refractivity contribution in [3.05, 3.63) is 0 Å². The van der Waals surface area contributed by atoms with Crippen LogP contribution in [0.3, 0.4) is 0 Å². The number of nitrogens with one attached hydrogen (secondary N) is 3. The molecule has 29 heavy (non-hydrogen) atoms. The number of nitrogens with two attached hydrogens (primary N) is 2. The number of hydrogen-bond donors (Lipinski definition) is 8. The van der Waals surface area contributed by atoms with Crippen LogP contribution in [0.25, 0.3) is 0 Å². The zero-order valence-corrected chi connectivity index (χ0v) is 15.9. The molecule has 0 radical (unpaired) electrons. The summed E-state index contributed by atoms with van der Waals surface area (Å²) >= 11 is 0. The molecule has 0 aromatic heterocycles. The van der Waals surface area contributed by atoms with Crippen LogP contribution in [-0.4, -0.2) is 82.8 Å². The Morgan fingerprint density at radius 1 is 0.828 bits per heavy atom. The summed E-state index contributed by atoms with van der Waals surface area (Å²) in [7, 11) is 0. The first-order valence-corrected chi connectivity index (χ1v) is 9.00. The van der Waals surface area contributed by atoms with E-state index in [9.17, 15) is 24.0 Å². The van der Waals surface area contributed by atoms with Crippen LogP contribution in [0, 0.1) is 0 Å². The number of aliphatic carboxylic acids is 2. The zero-order chi connectivity index (χ0) is 22.4. The molecule has 0 aliphatic carbocycles. The molecule has 3 atom stereocenters. The molecule has 10 N–H and O–H groups in total. The van der Waals surface area contributed by atoms with Crippen molar-refractivity contribution in [2.24, 2.45) is 11.5 Å². The Morgan fingerprint density at radius 3 is 1.93 bits per heavy atom. The van der Waals surface area contributed by atoms with Crippen LogP contribution in [0.4, 0.5) is 0 Å². The van der Waals surface area contributed by atoms with E-state index in [4.69, 9.17) is 26.8 Å². The Bertz CT molecular complexity index is 586. The van der Waals surface area contributed by atoms with Crippen molar-refractivity contribution >= 4 is 29.7 Å². The lowest BCUT2D eigenvalue weighted by molar-refractivity contribution is -0.140. The maximum absolute atomic E-state index is 12.6. The highest BCUT2D eigenvalue weighted by Gasteiger charge is 2.28. The number of carbonyl (C=O) groups is 5. The number of carboxylic acids is 2. The van der Waals surface area contributed by atoms with E-state index in [2.05, 4.69) is 16.0 Å². The molecule has 0 aromatic rings. The highest BCUT2D eigenvalue weighted by atomic mass is 16.4. The van der Waals surface area contributed by atoms with Gasteiger partial charge in [-0.25, -0.2) is 0 Å². The molecule has 0 heterocycles. The lowest BCUT2D eigenvalue weighted by Crippen LogP contribution is -2.56. The van der Waals surface area contributed by atoms with Crippen molar-refractivity contribution in [3.63, 3.8) is 0 Å². The monoisotopic (exact) mass is 419 g/mol. The number of carboxylic acid groups (broad SMARTS) is 2. The first-order valence-electron chi connectivity index (χ1n) is 9.00. The molecule has 0 saturated heterocycles. The molecule has 0 aliphatic heterocycles. The SMILES string of the molecule is NCCCCC(NC(=O)C(N)CO)C(=O)NC(CCC(=O)O)C(=O)NCC(=O)O. The highest BCUT2D eigenvalue weighted by molar-refractivity contribution is 5.93. The molecular formula is C16H29N5O8. The van der Waals surface area contributed by atoms with Gasteiger partial charge in [-0.05, 0) is 32.2 Å². The normalized spacial score (nSPS) is 13.6. The third kappa shape index (κ3) is 11.6. The van der Waals surface area contributed by atoms with Gasteiger partial charge in [-0.3, -0.25) is 24.0 Å². The number of hydrogen-bond acceptors (Lipinski definition) is 8. The summed E-state index contributed by atoms with van der Waals surface area (Å²) in [6.07, 6.45) is 0.452. The molecule has 0 saturated carbocycles. The molecule has 0 aliphatic rings. The summed E-state index contributed by atoms with van der Waals surface area (Å²) in [6.45, 7) is -0.987. The van der Waals surface area contributed by atoms with Gasteiger partial charge in [-0.15, -0.1) is 0 Å². The van der Waals surface area contributed by atoms with E-state index in [0.29, 0.717) is 19.4 Å². The molecule has 13 nitrogen and oxygen atoms in total. The maximum Gasteiger partial charge on any atom is 0.322 e. The Kier molecular flexibility index (Phi) is 12.9. The van der Waals surface area contributed by atoms with Crippen molar-refractivity contribution < 1.29 is 39.3 Å². The van der Waals surface area contributed by atoms with Gasteiger partial charge in [-0.1, -0.05) is 0 Å². The largest absolute Gasteiger partial charge is 0.481 e. The van der Waals surface area contributed by atoms with E-state index in [-0.39, 0.29) is 12.8 Å². The number of aliphatic hydroxyl groups is 1. The average Bonchev–Trinajstić information content (AvgIpc) is 2.67. The van der Waals surface area contributed by atoms with Gasteiger partial charge in [0.15, 0.2) is 0 Å². The maximum atomic E-state index is 12.6.